The van der Waals surface area contributed by atoms with Gasteiger partial charge < -0.3 is 20.1 Å². The highest BCUT2D eigenvalue weighted by Gasteiger charge is 2.38. The van der Waals surface area contributed by atoms with Crippen molar-refractivity contribution in [1.82, 2.24) is 10.2 Å². The highest BCUT2D eigenvalue weighted by molar-refractivity contribution is 5.91. The molecule has 1 saturated heterocycles. The van der Waals surface area contributed by atoms with Crippen LogP contribution in [0.2, 0.25) is 0 Å². The van der Waals surface area contributed by atoms with Crippen molar-refractivity contribution >= 4 is 17.8 Å². The monoisotopic (exact) mass is 334 g/mol. The molecule has 0 aromatic heterocycles. The first-order valence-electron chi connectivity index (χ1n) is 7.85. The number of nitrogens with one attached hydrogen (secondary N) is 1. The van der Waals surface area contributed by atoms with Crippen LogP contribution in [0.25, 0.3) is 0 Å². The quantitative estimate of drug-likeness (QED) is 0.769. The summed E-state index contributed by atoms with van der Waals surface area (Å²) in [5, 5.41) is 12.0. The molecule has 1 aliphatic rings. The van der Waals surface area contributed by atoms with Gasteiger partial charge in [0.05, 0.1) is 7.11 Å². The van der Waals surface area contributed by atoms with Crippen molar-refractivity contribution in [3.05, 3.63) is 29.8 Å². The van der Waals surface area contributed by atoms with E-state index in [0.717, 1.165) is 12.0 Å². The van der Waals surface area contributed by atoms with Crippen LogP contribution in [0.1, 0.15) is 25.3 Å². The minimum Gasteiger partial charge on any atom is -0.508 e. The van der Waals surface area contributed by atoms with Crippen molar-refractivity contribution < 1.29 is 24.2 Å². The Morgan fingerprint density at radius 3 is 2.58 bits per heavy atom. The third-order valence-corrected chi connectivity index (χ3v) is 4.06. The van der Waals surface area contributed by atoms with E-state index in [0.29, 0.717) is 13.0 Å². The van der Waals surface area contributed by atoms with Crippen LogP contribution in [-0.2, 0) is 25.5 Å². The molecular weight excluding hydrogens is 312 g/mol. The van der Waals surface area contributed by atoms with Crippen LogP contribution in [0.3, 0.4) is 0 Å². The molecule has 0 spiro atoms. The number of likely N-dealkylation sites (tertiary alicyclic amines) is 1. The average molecular weight is 334 g/mol. The molecule has 2 rings (SSSR count). The van der Waals surface area contributed by atoms with Gasteiger partial charge >= 0.3 is 5.97 Å². The van der Waals surface area contributed by atoms with E-state index in [1.165, 1.54) is 31.1 Å². The van der Waals surface area contributed by atoms with Gasteiger partial charge in [-0.1, -0.05) is 12.1 Å². The van der Waals surface area contributed by atoms with Crippen LogP contribution in [0.5, 0.6) is 5.75 Å². The van der Waals surface area contributed by atoms with Gasteiger partial charge in [-0.2, -0.15) is 0 Å². The third kappa shape index (κ3) is 4.24. The standard InChI is InChI=1S/C17H22N2O5/c1-11(20)18-14(10-12-5-7-13(21)8-6-12)16(22)19-9-3-4-15(19)17(23)24-2/h5-8,14-15,21H,3-4,9-10H2,1-2H3,(H,18,20)/t14-,15?/m0/s1. The zero-order chi connectivity index (χ0) is 17.7. The number of esters is 1. The molecule has 2 N–H and O–H groups in total. The Hall–Kier alpha value is -2.57. The number of methoxy groups -OCH3 is 1. The molecule has 0 bridgehead atoms. The fourth-order valence-corrected chi connectivity index (χ4v) is 2.92. The zero-order valence-corrected chi connectivity index (χ0v) is 13.8. The Kier molecular flexibility index (Phi) is 5.78. The number of nitrogens with zero attached hydrogens (tertiary/aromatic N) is 1. The SMILES string of the molecule is COC(=O)C1CCCN1C(=O)[C@H](Cc1ccc(O)cc1)NC(C)=O. The topological polar surface area (TPSA) is 95.9 Å². The van der Waals surface area contributed by atoms with E-state index < -0.39 is 18.1 Å². The second-order valence-corrected chi connectivity index (χ2v) is 5.84. The lowest BCUT2D eigenvalue weighted by molar-refractivity contribution is -0.151. The molecule has 1 aliphatic heterocycles. The van der Waals surface area contributed by atoms with Crippen LogP contribution in [-0.4, -0.2) is 53.5 Å². The number of benzene rings is 1. The smallest absolute Gasteiger partial charge is 0.328 e. The van der Waals surface area contributed by atoms with Crippen LogP contribution in [0.15, 0.2) is 24.3 Å². The largest absolute Gasteiger partial charge is 0.508 e. The summed E-state index contributed by atoms with van der Waals surface area (Å²) in [5.41, 5.74) is 0.800. The Morgan fingerprint density at radius 2 is 2.00 bits per heavy atom. The number of amides is 2. The molecular formula is C17H22N2O5. The van der Waals surface area contributed by atoms with Gasteiger partial charge in [0.15, 0.2) is 0 Å². The van der Waals surface area contributed by atoms with Gasteiger partial charge in [-0.25, -0.2) is 4.79 Å². The fourth-order valence-electron chi connectivity index (χ4n) is 2.92. The Bertz CT molecular complexity index is 614. The first-order valence-corrected chi connectivity index (χ1v) is 7.85. The van der Waals surface area contributed by atoms with E-state index in [1.807, 2.05) is 0 Å². The van der Waals surface area contributed by atoms with Crippen molar-refractivity contribution in [2.75, 3.05) is 13.7 Å². The summed E-state index contributed by atoms with van der Waals surface area (Å²) in [6, 6.07) is 5.07. The van der Waals surface area contributed by atoms with Crippen molar-refractivity contribution in [2.45, 2.75) is 38.3 Å². The maximum Gasteiger partial charge on any atom is 0.328 e. The summed E-state index contributed by atoms with van der Waals surface area (Å²) >= 11 is 0. The Labute approximate surface area is 140 Å². The maximum absolute atomic E-state index is 12.8. The van der Waals surface area contributed by atoms with Crippen molar-refractivity contribution in [2.24, 2.45) is 0 Å². The van der Waals surface area contributed by atoms with E-state index in [4.69, 9.17) is 4.74 Å². The number of ether oxygens (including phenoxy) is 1. The van der Waals surface area contributed by atoms with E-state index >= 15 is 0 Å². The molecule has 1 aromatic rings. The molecule has 0 aliphatic carbocycles. The number of hydrogen-bond donors (Lipinski definition) is 2. The summed E-state index contributed by atoms with van der Waals surface area (Å²) < 4.78 is 4.76. The highest BCUT2D eigenvalue weighted by atomic mass is 16.5. The fraction of sp³-hybridized carbons (Fsp3) is 0.471. The van der Waals surface area contributed by atoms with Crippen LogP contribution in [0.4, 0.5) is 0 Å². The second kappa shape index (κ2) is 7.81. The molecule has 2 amide bonds. The van der Waals surface area contributed by atoms with Crippen molar-refractivity contribution in [1.29, 1.82) is 0 Å². The number of rotatable bonds is 5. The van der Waals surface area contributed by atoms with E-state index in [9.17, 15) is 19.5 Å². The Balaban J connectivity index is 2.16. The number of phenolic OH excluding ortho intramolecular Hbond substituents is 1. The molecule has 1 fully saturated rings. The number of carbonyl (C=O) groups excluding carboxylic acids is 3. The zero-order valence-electron chi connectivity index (χ0n) is 13.8. The molecule has 7 nitrogen and oxygen atoms in total. The van der Waals surface area contributed by atoms with E-state index in [-0.39, 0.29) is 24.0 Å². The molecule has 1 unspecified atom stereocenters. The van der Waals surface area contributed by atoms with E-state index in [2.05, 4.69) is 5.32 Å². The normalized spacial score (nSPS) is 18.1. The van der Waals surface area contributed by atoms with Crippen LogP contribution >= 0.6 is 0 Å². The minimum absolute atomic E-state index is 0.131. The molecule has 0 saturated carbocycles. The van der Waals surface area contributed by atoms with Gasteiger partial charge in [0.25, 0.3) is 0 Å². The van der Waals surface area contributed by atoms with Crippen LogP contribution < -0.4 is 5.32 Å². The van der Waals surface area contributed by atoms with Gasteiger partial charge in [0.2, 0.25) is 11.8 Å². The average Bonchev–Trinajstić information content (AvgIpc) is 3.04. The number of aromatic hydroxyl groups is 1. The summed E-state index contributed by atoms with van der Waals surface area (Å²) in [6.45, 7) is 1.81. The third-order valence-electron chi connectivity index (χ3n) is 4.06. The lowest BCUT2D eigenvalue weighted by Crippen LogP contribution is -2.52. The van der Waals surface area contributed by atoms with Gasteiger partial charge in [0, 0.05) is 19.9 Å². The summed E-state index contributed by atoms with van der Waals surface area (Å²) in [7, 11) is 1.30. The first kappa shape index (κ1) is 17.8. The Morgan fingerprint density at radius 1 is 1.33 bits per heavy atom. The molecule has 130 valence electrons. The molecule has 24 heavy (non-hydrogen) atoms. The van der Waals surface area contributed by atoms with Crippen LogP contribution in [0, 0.1) is 0 Å². The van der Waals surface area contributed by atoms with Crippen molar-refractivity contribution in [3.63, 3.8) is 0 Å². The van der Waals surface area contributed by atoms with Gasteiger partial charge in [-0.15, -0.1) is 0 Å². The molecule has 1 aromatic carbocycles. The second-order valence-electron chi connectivity index (χ2n) is 5.84. The van der Waals surface area contributed by atoms with Gasteiger partial charge in [0.1, 0.15) is 17.8 Å². The maximum atomic E-state index is 12.8. The van der Waals surface area contributed by atoms with Gasteiger partial charge in [-0.05, 0) is 30.5 Å². The lowest BCUT2D eigenvalue weighted by atomic mass is 10.0. The number of hydrogen-bond acceptors (Lipinski definition) is 5. The summed E-state index contributed by atoms with van der Waals surface area (Å²) in [4.78, 5) is 37.6. The predicted octanol–water partition coefficient (Wildman–Crippen LogP) is 0.603. The van der Waals surface area contributed by atoms with Crippen molar-refractivity contribution in [3.8, 4) is 5.75 Å². The predicted molar refractivity (Wildman–Crippen MR) is 86.2 cm³/mol. The summed E-state index contributed by atoms with van der Waals surface area (Å²) in [6.07, 6.45) is 1.56. The molecule has 0 radical (unpaired) electrons. The number of carbonyl (C=O) groups is 3. The minimum atomic E-state index is -0.766. The molecule has 7 heteroatoms. The summed E-state index contributed by atoms with van der Waals surface area (Å²) in [5.74, 6) is -0.925. The highest BCUT2D eigenvalue weighted by Crippen LogP contribution is 2.21. The molecule has 1 heterocycles. The molecule has 2 atom stereocenters. The first-order chi connectivity index (χ1) is 11.4. The van der Waals surface area contributed by atoms with E-state index in [1.54, 1.807) is 12.1 Å². The van der Waals surface area contributed by atoms with Gasteiger partial charge in [-0.3, -0.25) is 9.59 Å². The lowest BCUT2D eigenvalue weighted by Gasteiger charge is -2.27. The number of phenols is 1.